The Labute approximate surface area is 183 Å². The molecule has 0 radical (unpaired) electrons. The van der Waals surface area contributed by atoms with Crippen LogP contribution in [0.25, 0.3) is 0 Å². The number of amides is 2. The molecular formula is C20H50N2O8. The molecule has 0 spiro atoms. The van der Waals surface area contributed by atoms with Crippen molar-refractivity contribution in [2.75, 3.05) is 61.2 Å². The number of unbranched alkanes of at least 4 members (excludes halogenated alkanes) is 1. The van der Waals surface area contributed by atoms with Gasteiger partial charge in [0.2, 0.25) is 12.3 Å². The number of aliphatic hydroxyl groups excluding tert-OH is 6. The van der Waals surface area contributed by atoms with Crippen LogP contribution < -0.4 is 0 Å². The highest BCUT2D eigenvalue weighted by Crippen LogP contribution is 2.04. The maximum Gasteiger partial charge on any atom is 0.222 e. The van der Waals surface area contributed by atoms with Gasteiger partial charge in [0.1, 0.15) is 0 Å². The van der Waals surface area contributed by atoms with E-state index >= 15 is 0 Å². The second-order valence-corrected chi connectivity index (χ2v) is 5.92. The van der Waals surface area contributed by atoms with Crippen LogP contribution in [0, 0.1) is 0 Å². The van der Waals surface area contributed by atoms with Crippen LogP contribution in [0.5, 0.6) is 0 Å². The van der Waals surface area contributed by atoms with Crippen molar-refractivity contribution >= 4 is 12.3 Å². The van der Waals surface area contributed by atoms with Crippen molar-refractivity contribution in [3.05, 3.63) is 0 Å². The van der Waals surface area contributed by atoms with Crippen molar-refractivity contribution in [2.45, 2.75) is 59.5 Å². The number of carbonyl (C=O) groups is 2. The van der Waals surface area contributed by atoms with E-state index in [2.05, 4.69) is 6.92 Å². The molecule has 1 heterocycles. The molecule has 0 unspecified atom stereocenters. The quantitative estimate of drug-likeness (QED) is 0.320. The zero-order valence-electron chi connectivity index (χ0n) is 20.4. The standard InChI is InChI=1S/C5H9NO.C4H10O.C3H7NO.C3H8O.C2H6O2.C2H6O.CH4O/c1-6-4-2-3-5(6)7;1-2-3-4-5;1-4(2)3-5;1-3(2)4;3-1-2-4;1-2-3;1-2/h2-4H2,1H3;5H,2-4H2,1H3;3H,1-2H3;3-4H,1-2H3;3-4H,1-2H2;3H,2H2,1H3;2H,1H3. The molecular weight excluding hydrogens is 396 g/mol. The normalized spacial score (nSPS) is 10.5. The summed E-state index contributed by atoms with van der Waals surface area (Å²) >= 11 is 0. The Kier molecular flexibility index (Phi) is 65.6. The zero-order valence-corrected chi connectivity index (χ0v) is 20.4. The lowest BCUT2D eigenvalue weighted by Gasteiger charge is -2.03. The van der Waals surface area contributed by atoms with Gasteiger partial charge in [0.25, 0.3) is 0 Å². The van der Waals surface area contributed by atoms with E-state index in [1.54, 1.807) is 39.8 Å². The maximum atomic E-state index is 10.5. The predicted octanol–water partition coefficient (Wildman–Crippen LogP) is -0.313. The largest absolute Gasteiger partial charge is 0.400 e. The Morgan fingerprint density at radius 1 is 1.03 bits per heavy atom. The highest BCUT2D eigenvalue weighted by atomic mass is 16.3. The van der Waals surface area contributed by atoms with Gasteiger partial charge in [0.05, 0.1) is 13.2 Å². The second kappa shape index (κ2) is 46.1. The Bertz CT molecular complexity index is 275. The fraction of sp³-hybridized carbons (Fsp3) is 0.900. The summed E-state index contributed by atoms with van der Waals surface area (Å²) in [5.41, 5.74) is 0. The van der Waals surface area contributed by atoms with Crippen LogP contribution in [-0.4, -0.2) is 120 Å². The van der Waals surface area contributed by atoms with Gasteiger partial charge in [-0.1, -0.05) is 13.3 Å². The minimum Gasteiger partial charge on any atom is -0.400 e. The van der Waals surface area contributed by atoms with E-state index < -0.39 is 0 Å². The summed E-state index contributed by atoms with van der Waals surface area (Å²) in [6.45, 7) is 8.48. The molecule has 188 valence electrons. The van der Waals surface area contributed by atoms with Crippen LogP contribution in [0.15, 0.2) is 0 Å². The average Bonchev–Trinajstić information content (AvgIpc) is 3.08. The Hall–Kier alpha value is -1.30. The third kappa shape index (κ3) is 94.0. The fourth-order valence-electron chi connectivity index (χ4n) is 0.941. The Balaban J connectivity index is -0.0000000579. The van der Waals surface area contributed by atoms with Gasteiger partial charge in [0, 0.05) is 60.5 Å². The second-order valence-electron chi connectivity index (χ2n) is 5.92. The lowest BCUT2D eigenvalue weighted by Crippen LogP contribution is -2.17. The van der Waals surface area contributed by atoms with E-state index in [1.807, 2.05) is 7.05 Å². The van der Waals surface area contributed by atoms with E-state index in [9.17, 15) is 9.59 Å². The molecule has 0 aromatic carbocycles. The average molecular weight is 447 g/mol. The van der Waals surface area contributed by atoms with Crippen LogP contribution in [0.3, 0.4) is 0 Å². The molecule has 1 rings (SSSR count). The summed E-state index contributed by atoms with van der Waals surface area (Å²) < 4.78 is 0. The molecule has 0 aromatic rings. The van der Waals surface area contributed by atoms with E-state index in [-0.39, 0.29) is 25.9 Å². The summed E-state index contributed by atoms with van der Waals surface area (Å²) in [5, 5.41) is 45.9. The third-order valence-electron chi connectivity index (χ3n) is 2.13. The van der Waals surface area contributed by atoms with E-state index in [0.717, 1.165) is 45.7 Å². The van der Waals surface area contributed by atoms with Crippen LogP contribution in [-0.2, 0) is 9.59 Å². The van der Waals surface area contributed by atoms with Crippen molar-refractivity contribution in [3.8, 4) is 0 Å². The van der Waals surface area contributed by atoms with Crippen LogP contribution in [0.4, 0.5) is 0 Å². The first kappa shape index (κ1) is 42.7. The lowest BCUT2D eigenvalue weighted by atomic mass is 10.4. The molecule has 1 aliphatic heterocycles. The summed E-state index contributed by atoms with van der Waals surface area (Å²) in [6.07, 6.45) is 4.43. The highest BCUT2D eigenvalue weighted by Gasteiger charge is 2.14. The van der Waals surface area contributed by atoms with Gasteiger partial charge in [-0.3, -0.25) is 9.59 Å². The molecule has 0 saturated carbocycles. The SMILES string of the molecule is CC(C)O.CCCCO.CCO.CN(C)C=O.CN1CCCC1=O.CO.OCCO. The molecule has 6 N–H and O–H groups in total. The van der Waals surface area contributed by atoms with Crippen LogP contribution >= 0.6 is 0 Å². The monoisotopic (exact) mass is 446 g/mol. The molecule has 0 atom stereocenters. The number of likely N-dealkylation sites (tertiary alicyclic amines) is 1. The third-order valence-corrected chi connectivity index (χ3v) is 2.13. The number of rotatable bonds is 4. The van der Waals surface area contributed by atoms with E-state index in [4.69, 9.17) is 30.6 Å². The summed E-state index contributed by atoms with van der Waals surface area (Å²) in [6, 6.07) is 0. The van der Waals surface area contributed by atoms with Gasteiger partial charge in [0.15, 0.2) is 0 Å². The predicted molar refractivity (Wildman–Crippen MR) is 121 cm³/mol. The van der Waals surface area contributed by atoms with Crippen molar-refractivity contribution in [2.24, 2.45) is 0 Å². The number of nitrogens with zero attached hydrogens (tertiary/aromatic N) is 2. The molecule has 1 fully saturated rings. The molecule has 0 aromatic heterocycles. The first-order valence-electron chi connectivity index (χ1n) is 9.97. The number of hydrogen-bond donors (Lipinski definition) is 6. The fourth-order valence-corrected chi connectivity index (χ4v) is 0.941. The van der Waals surface area contributed by atoms with Crippen LogP contribution in [0.2, 0.25) is 0 Å². The van der Waals surface area contributed by atoms with Crippen molar-refractivity contribution in [1.82, 2.24) is 9.80 Å². The molecule has 10 heteroatoms. The van der Waals surface area contributed by atoms with Crippen LogP contribution in [0.1, 0.15) is 53.4 Å². The minimum atomic E-state index is -0.167. The highest BCUT2D eigenvalue weighted by molar-refractivity contribution is 5.77. The van der Waals surface area contributed by atoms with E-state index in [1.165, 1.54) is 4.90 Å². The minimum absolute atomic E-state index is 0.125. The molecule has 1 saturated heterocycles. The zero-order chi connectivity index (χ0) is 25.4. The first-order chi connectivity index (χ1) is 14.0. The molecule has 0 aliphatic carbocycles. The van der Waals surface area contributed by atoms with Gasteiger partial charge >= 0.3 is 0 Å². The van der Waals surface area contributed by atoms with E-state index in [0.29, 0.717) is 12.5 Å². The van der Waals surface area contributed by atoms with Gasteiger partial charge in [-0.15, -0.1) is 0 Å². The van der Waals surface area contributed by atoms with Crippen molar-refractivity contribution < 1.29 is 40.2 Å². The smallest absolute Gasteiger partial charge is 0.222 e. The topological polar surface area (TPSA) is 162 Å². The van der Waals surface area contributed by atoms with Gasteiger partial charge in [-0.2, -0.15) is 0 Å². The Morgan fingerprint density at radius 3 is 1.40 bits per heavy atom. The lowest BCUT2D eigenvalue weighted by molar-refractivity contribution is -0.126. The van der Waals surface area contributed by atoms with Gasteiger partial charge < -0.3 is 40.4 Å². The summed E-state index contributed by atoms with van der Waals surface area (Å²) in [7, 11) is 6.22. The molecule has 2 amide bonds. The number of hydrogen-bond acceptors (Lipinski definition) is 8. The first-order valence-corrected chi connectivity index (χ1v) is 9.97. The number of carbonyl (C=O) groups excluding carboxylic acids is 2. The van der Waals surface area contributed by atoms with Gasteiger partial charge in [-0.25, -0.2) is 0 Å². The molecule has 10 nitrogen and oxygen atoms in total. The molecule has 1 aliphatic rings. The summed E-state index contributed by atoms with van der Waals surface area (Å²) in [5.74, 6) is 0.292. The Morgan fingerprint density at radius 2 is 1.37 bits per heavy atom. The molecule has 30 heavy (non-hydrogen) atoms. The van der Waals surface area contributed by atoms with Crippen molar-refractivity contribution in [1.29, 1.82) is 0 Å². The van der Waals surface area contributed by atoms with Crippen molar-refractivity contribution in [3.63, 3.8) is 0 Å². The summed E-state index contributed by atoms with van der Waals surface area (Å²) in [4.78, 5) is 23.1. The maximum absolute atomic E-state index is 10.5. The van der Waals surface area contributed by atoms with Gasteiger partial charge in [-0.05, 0) is 33.6 Å². The molecule has 0 bridgehead atoms. The number of aliphatic hydroxyl groups is 6.